The van der Waals surface area contributed by atoms with Gasteiger partial charge in [-0.2, -0.15) is 0 Å². The first kappa shape index (κ1) is 24.5. The summed E-state index contributed by atoms with van der Waals surface area (Å²) in [6, 6.07) is -0.734. The number of allylic oxidation sites excluding steroid dienone is 2. The monoisotopic (exact) mass is 402 g/mol. The molecule has 0 saturated heterocycles. The summed E-state index contributed by atoms with van der Waals surface area (Å²) in [5, 5.41) is 10.5. The highest BCUT2D eigenvalue weighted by Gasteiger charge is 2.34. The molecule has 7 heteroatoms. The van der Waals surface area contributed by atoms with Crippen LogP contribution in [0.5, 0.6) is 0 Å². The molecule has 0 aliphatic carbocycles. The third-order valence-electron chi connectivity index (χ3n) is 4.79. The van der Waals surface area contributed by atoms with Gasteiger partial charge in [-0.1, -0.05) is 38.8 Å². The van der Waals surface area contributed by atoms with Crippen LogP contribution < -0.4 is 0 Å². The highest BCUT2D eigenvalue weighted by molar-refractivity contribution is 5.94. The Morgan fingerprint density at radius 1 is 0.893 bits per heavy atom. The van der Waals surface area contributed by atoms with E-state index >= 15 is 0 Å². The molecule has 0 aromatic carbocycles. The lowest BCUT2D eigenvalue weighted by Gasteiger charge is -2.29. The van der Waals surface area contributed by atoms with Crippen molar-refractivity contribution in [3.63, 3.8) is 0 Å². The van der Waals surface area contributed by atoms with Crippen LogP contribution in [0.25, 0.3) is 0 Å². The van der Waals surface area contributed by atoms with Crippen molar-refractivity contribution >= 4 is 11.8 Å². The number of aliphatic hydroxyl groups is 1. The lowest BCUT2D eigenvalue weighted by Crippen LogP contribution is -2.42. The number of methoxy groups -OCH3 is 2. The molecule has 0 amide bonds. The van der Waals surface area contributed by atoms with E-state index in [4.69, 9.17) is 9.47 Å². The molecule has 162 valence electrons. The van der Waals surface area contributed by atoms with Crippen LogP contribution >= 0.6 is 0 Å². The SMILES string of the molecule is COC1=N[C@H](C(C)C)C(OC)=N[C@H]1[C@@H](O)CC/C=C/CCCCCCC(F)F. The number of hydrogen-bond donors (Lipinski definition) is 1. The van der Waals surface area contributed by atoms with Gasteiger partial charge in [0.25, 0.3) is 0 Å². The Labute approximate surface area is 167 Å². The Kier molecular flexibility index (Phi) is 12.0. The van der Waals surface area contributed by atoms with Crippen LogP contribution in [0.1, 0.15) is 65.2 Å². The third kappa shape index (κ3) is 8.67. The van der Waals surface area contributed by atoms with E-state index in [1.54, 1.807) is 14.2 Å². The molecule has 1 aliphatic heterocycles. The van der Waals surface area contributed by atoms with Crippen molar-refractivity contribution in [1.82, 2.24) is 0 Å². The molecule has 0 fully saturated rings. The first-order chi connectivity index (χ1) is 13.4. The minimum absolute atomic E-state index is 0.00679. The molecule has 0 spiro atoms. The normalized spacial score (nSPS) is 21.2. The molecule has 28 heavy (non-hydrogen) atoms. The van der Waals surface area contributed by atoms with Gasteiger partial charge < -0.3 is 14.6 Å². The number of aliphatic imine (C=N–C) groups is 2. The summed E-state index contributed by atoms with van der Waals surface area (Å²) in [5.74, 6) is 1.20. The van der Waals surface area contributed by atoms with Crippen molar-refractivity contribution in [1.29, 1.82) is 0 Å². The summed E-state index contributed by atoms with van der Waals surface area (Å²) in [4.78, 5) is 9.11. The summed E-state index contributed by atoms with van der Waals surface area (Å²) in [6.07, 6.45) is 6.90. The Bertz CT molecular complexity index is 522. The lowest BCUT2D eigenvalue weighted by molar-refractivity contribution is 0.133. The average molecular weight is 403 g/mol. The number of unbranched alkanes of at least 4 members (excludes halogenated alkanes) is 4. The lowest BCUT2D eigenvalue weighted by atomic mass is 10.00. The second kappa shape index (κ2) is 13.6. The van der Waals surface area contributed by atoms with E-state index in [0.29, 0.717) is 24.6 Å². The van der Waals surface area contributed by atoms with Gasteiger partial charge in [-0.15, -0.1) is 0 Å². The fraction of sp³-hybridized carbons (Fsp3) is 0.810. The maximum absolute atomic E-state index is 12.0. The molecule has 1 heterocycles. The zero-order valence-corrected chi connectivity index (χ0v) is 17.6. The largest absolute Gasteiger partial charge is 0.483 e. The van der Waals surface area contributed by atoms with Crippen LogP contribution in [0.4, 0.5) is 8.78 Å². The molecule has 1 aliphatic rings. The van der Waals surface area contributed by atoms with E-state index in [1.807, 2.05) is 19.9 Å². The van der Waals surface area contributed by atoms with Crippen LogP contribution in [0.2, 0.25) is 0 Å². The highest BCUT2D eigenvalue weighted by atomic mass is 19.3. The van der Waals surface area contributed by atoms with Gasteiger partial charge in [0, 0.05) is 6.42 Å². The summed E-state index contributed by atoms with van der Waals surface area (Å²) < 4.78 is 34.8. The zero-order chi connectivity index (χ0) is 20.9. The first-order valence-electron chi connectivity index (χ1n) is 10.2. The van der Waals surface area contributed by atoms with Crippen molar-refractivity contribution in [2.45, 2.75) is 89.8 Å². The molecule has 1 rings (SSSR count). The highest BCUT2D eigenvalue weighted by Crippen LogP contribution is 2.21. The minimum atomic E-state index is -2.18. The second-order valence-electron chi connectivity index (χ2n) is 7.48. The van der Waals surface area contributed by atoms with Crippen LogP contribution in [0.3, 0.4) is 0 Å². The number of ether oxygens (including phenoxy) is 2. The molecular formula is C21H36F2N2O3. The molecule has 0 aromatic rings. The topological polar surface area (TPSA) is 63.4 Å². The van der Waals surface area contributed by atoms with Crippen molar-refractivity contribution < 1.29 is 23.4 Å². The predicted molar refractivity (Wildman–Crippen MR) is 109 cm³/mol. The number of rotatable bonds is 12. The van der Waals surface area contributed by atoms with Gasteiger partial charge in [0.1, 0.15) is 6.04 Å². The van der Waals surface area contributed by atoms with Crippen molar-refractivity contribution in [3.8, 4) is 0 Å². The van der Waals surface area contributed by atoms with Crippen LogP contribution in [-0.2, 0) is 9.47 Å². The fourth-order valence-electron chi connectivity index (χ4n) is 3.14. The van der Waals surface area contributed by atoms with Crippen LogP contribution in [0, 0.1) is 5.92 Å². The van der Waals surface area contributed by atoms with Crippen LogP contribution in [0.15, 0.2) is 22.1 Å². The van der Waals surface area contributed by atoms with Gasteiger partial charge in [-0.05, 0) is 38.0 Å². The van der Waals surface area contributed by atoms with Gasteiger partial charge in [-0.25, -0.2) is 18.8 Å². The molecule has 0 unspecified atom stereocenters. The minimum Gasteiger partial charge on any atom is -0.483 e. The third-order valence-corrected chi connectivity index (χ3v) is 4.79. The van der Waals surface area contributed by atoms with Crippen molar-refractivity contribution in [2.24, 2.45) is 15.9 Å². The summed E-state index contributed by atoms with van der Waals surface area (Å²) in [6.45, 7) is 4.08. The number of halogens is 2. The van der Waals surface area contributed by atoms with E-state index in [1.165, 1.54) is 0 Å². The Balaban J connectivity index is 2.36. The first-order valence-corrected chi connectivity index (χ1v) is 10.2. The van der Waals surface area contributed by atoms with Crippen molar-refractivity contribution in [3.05, 3.63) is 12.2 Å². The number of alkyl halides is 2. The quantitative estimate of drug-likeness (QED) is 0.377. The molecule has 0 radical (unpaired) electrons. The Hall–Kier alpha value is -1.50. The smallest absolute Gasteiger partial charge is 0.238 e. The molecule has 0 aromatic heterocycles. The van der Waals surface area contributed by atoms with Gasteiger partial charge in [0.2, 0.25) is 18.2 Å². The standard InChI is InChI=1S/C21H36F2N2O3/c1-15(2)18-20(27-3)25-19(21(24-18)28-4)16(26)13-11-9-7-5-6-8-10-12-14-17(22)23/h7,9,15-19,26H,5-6,8,10-14H2,1-4H3/b9-7+/t16-,18+,19-/m0/s1. The van der Waals surface area contributed by atoms with Crippen LogP contribution in [-0.4, -0.2) is 55.7 Å². The average Bonchev–Trinajstić information content (AvgIpc) is 2.67. The molecule has 1 N–H and O–H groups in total. The molecular weight excluding hydrogens is 366 g/mol. The number of aliphatic hydroxyl groups excluding tert-OH is 1. The van der Waals surface area contributed by atoms with E-state index in [0.717, 1.165) is 32.1 Å². The number of nitrogens with zero attached hydrogens (tertiary/aromatic N) is 2. The van der Waals surface area contributed by atoms with E-state index in [-0.39, 0.29) is 18.4 Å². The van der Waals surface area contributed by atoms with Gasteiger partial charge in [0.15, 0.2) is 6.04 Å². The van der Waals surface area contributed by atoms with E-state index in [2.05, 4.69) is 16.1 Å². The molecule has 5 nitrogen and oxygen atoms in total. The Morgan fingerprint density at radius 2 is 1.46 bits per heavy atom. The van der Waals surface area contributed by atoms with E-state index in [9.17, 15) is 13.9 Å². The molecule has 0 bridgehead atoms. The maximum Gasteiger partial charge on any atom is 0.238 e. The summed E-state index contributed by atoms with van der Waals surface area (Å²) in [7, 11) is 3.12. The zero-order valence-electron chi connectivity index (χ0n) is 17.6. The van der Waals surface area contributed by atoms with E-state index < -0.39 is 18.6 Å². The summed E-state index contributed by atoms with van der Waals surface area (Å²) >= 11 is 0. The Morgan fingerprint density at radius 3 is 2.07 bits per heavy atom. The maximum atomic E-state index is 12.0. The molecule has 3 atom stereocenters. The van der Waals surface area contributed by atoms with Gasteiger partial charge >= 0.3 is 0 Å². The summed E-state index contributed by atoms with van der Waals surface area (Å²) in [5.41, 5.74) is 0. The second-order valence-corrected chi connectivity index (χ2v) is 7.48. The number of hydrogen-bond acceptors (Lipinski definition) is 5. The fourth-order valence-corrected chi connectivity index (χ4v) is 3.14. The molecule has 0 saturated carbocycles. The van der Waals surface area contributed by atoms with Crippen molar-refractivity contribution in [2.75, 3.05) is 14.2 Å². The van der Waals surface area contributed by atoms with Gasteiger partial charge in [0.05, 0.1) is 20.3 Å². The predicted octanol–water partition coefficient (Wildman–Crippen LogP) is 4.79. The van der Waals surface area contributed by atoms with Gasteiger partial charge in [-0.3, -0.25) is 0 Å².